The van der Waals surface area contributed by atoms with Crippen molar-refractivity contribution in [2.45, 2.75) is 6.92 Å². The fourth-order valence-electron chi connectivity index (χ4n) is 1.09. The summed E-state index contributed by atoms with van der Waals surface area (Å²) >= 11 is 0. The molecule has 0 spiro atoms. The highest BCUT2D eigenvalue weighted by atomic mass is 16.5. The molecule has 0 bridgehead atoms. The van der Waals surface area contributed by atoms with E-state index in [0.29, 0.717) is 13.2 Å². The van der Waals surface area contributed by atoms with Gasteiger partial charge in [-0.3, -0.25) is 4.79 Å². The lowest BCUT2D eigenvalue weighted by atomic mass is 10.2. The molecular formula is C14H14O2. The summed E-state index contributed by atoms with van der Waals surface area (Å²) in [5.41, 5.74) is 1.14. The molecule has 0 aliphatic heterocycles. The van der Waals surface area contributed by atoms with Crippen LogP contribution in [-0.4, -0.2) is 19.0 Å². The molecular weight excluding hydrogens is 200 g/mol. The van der Waals surface area contributed by atoms with Gasteiger partial charge in [0.15, 0.2) is 0 Å². The van der Waals surface area contributed by atoms with Gasteiger partial charge in [-0.1, -0.05) is 48.4 Å². The van der Waals surface area contributed by atoms with Crippen LogP contribution in [0.4, 0.5) is 0 Å². The summed E-state index contributed by atoms with van der Waals surface area (Å²) in [6, 6.07) is 9.99. The number of carbonyl (C=O) groups is 1. The molecule has 0 fully saturated rings. The molecule has 1 rings (SSSR count). The Labute approximate surface area is 95.9 Å². The lowest BCUT2D eigenvalue weighted by Crippen LogP contribution is -1.92. The van der Waals surface area contributed by atoms with Crippen LogP contribution in [0.15, 0.2) is 36.4 Å². The van der Waals surface area contributed by atoms with E-state index in [1.165, 1.54) is 6.92 Å². The van der Waals surface area contributed by atoms with E-state index in [1.54, 1.807) is 0 Å². The summed E-state index contributed by atoms with van der Waals surface area (Å²) in [6.45, 7) is 2.22. The second-order valence-corrected chi connectivity index (χ2v) is 3.19. The van der Waals surface area contributed by atoms with E-state index >= 15 is 0 Å². The number of carbonyl (C=O) groups excluding carboxylic acids is 1. The molecule has 0 aliphatic carbocycles. The predicted molar refractivity (Wildman–Crippen MR) is 64.8 cm³/mol. The number of hydrogen-bond donors (Lipinski definition) is 0. The van der Waals surface area contributed by atoms with Crippen molar-refractivity contribution in [3.05, 3.63) is 42.0 Å². The Morgan fingerprint density at radius 3 is 2.81 bits per heavy atom. The normalized spacial score (nSPS) is 9.81. The average molecular weight is 214 g/mol. The van der Waals surface area contributed by atoms with Crippen LogP contribution in [0.5, 0.6) is 0 Å². The number of Topliss-reactive ketones (excluding diaryl/α,β-unsaturated/α-hetero) is 1. The van der Waals surface area contributed by atoms with E-state index in [2.05, 4.69) is 11.8 Å². The van der Waals surface area contributed by atoms with Crippen molar-refractivity contribution in [2.24, 2.45) is 0 Å². The molecule has 0 saturated heterocycles. The maximum Gasteiger partial charge on any atom is 0.202 e. The number of ether oxygens (including phenoxy) is 1. The monoisotopic (exact) mass is 214 g/mol. The lowest BCUT2D eigenvalue weighted by molar-refractivity contribution is -0.111. The molecule has 16 heavy (non-hydrogen) atoms. The quantitative estimate of drug-likeness (QED) is 0.437. The fraction of sp³-hybridized carbons (Fsp3) is 0.214. The van der Waals surface area contributed by atoms with Crippen molar-refractivity contribution in [2.75, 3.05) is 13.2 Å². The summed E-state index contributed by atoms with van der Waals surface area (Å²) in [5.74, 6) is 4.91. The van der Waals surface area contributed by atoms with Crippen LogP contribution in [0.25, 0.3) is 6.08 Å². The predicted octanol–water partition coefficient (Wildman–Crippen LogP) is 2.31. The van der Waals surface area contributed by atoms with Crippen LogP contribution < -0.4 is 0 Å². The highest BCUT2D eigenvalue weighted by Crippen LogP contribution is 2.00. The Balaban J connectivity index is 2.20. The number of ketones is 1. The maximum atomic E-state index is 10.5. The third-order valence-electron chi connectivity index (χ3n) is 1.76. The minimum Gasteiger partial charge on any atom is -0.365 e. The SMILES string of the molecule is CC(=O)C#CCOC/C=C/c1ccccc1. The zero-order valence-electron chi connectivity index (χ0n) is 9.27. The third-order valence-corrected chi connectivity index (χ3v) is 1.76. The zero-order chi connectivity index (χ0) is 11.6. The van der Waals surface area contributed by atoms with E-state index in [-0.39, 0.29) is 5.78 Å². The number of hydrogen-bond acceptors (Lipinski definition) is 2. The maximum absolute atomic E-state index is 10.5. The molecule has 1 aromatic carbocycles. The molecule has 2 nitrogen and oxygen atoms in total. The average Bonchev–Trinajstić information content (AvgIpc) is 2.29. The Morgan fingerprint density at radius 1 is 1.38 bits per heavy atom. The molecule has 0 saturated carbocycles. The minimum atomic E-state index is -0.136. The van der Waals surface area contributed by atoms with Gasteiger partial charge in [-0.05, 0) is 11.5 Å². The Hall–Kier alpha value is -1.85. The van der Waals surface area contributed by atoms with Gasteiger partial charge >= 0.3 is 0 Å². The second-order valence-electron chi connectivity index (χ2n) is 3.19. The van der Waals surface area contributed by atoms with Gasteiger partial charge in [-0.25, -0.2) is 0 Å². The standard InChI is InChI=1S/C14H14O2/c1-13(15)7-5-11-16-12-6-10-14-8-3-2-4-9-14/h2-4,6,8-10H,11-12H2,1H3/b10-6+. The zero-order valence-corrected chi connectivity index (χ0v) is 9.27. The Kier molecular flexibility index (Phi) is 5.68. The second kappa shape index (κ2) is 7.44. The smallest absolute Gasteiger partial charge is 0.202 e. The Morgan fingerprint density at radius 2 is 2.12 bits per heavy atom. The van der Waals surface area contributed by atoms with Crippen LogP contribution in [0.2, 0.25) is 0 Å². The van der Waals surface area contributed by atoms with Crippen LogP contribution in [0.3, 0.4) is 0 Å². The molecule has 0 N–H and O–H groups in total. The highest BCUT2D eigenvalue weighted by molar-refractivity contribution is 5.93. The van der Waals surface area contributed by atoms with Crippen LogP contribution in [-0.2, 0) is 9.53 Å². The third kappa shape index (κ3) is 5.79. The molecule has 0 heterocycles. The van der Waals surface area contributed by atoms with Gasteiger partial charge in [0.05, 0.1) is 6.61 Å². The summed E-state index contributed by atoms with van der Waals surface area (Å²) in [4.78, 5) is 10.5. The van der Waals surface area contributed by atoms with Gasteiger partial charge in [0.25, 0.3) is 0 Å². The van der Waals surface area contributed by atoms with Gasteiger partial charge < -0.3 is 4.74 Å². The molecule has 0 aliphatic rings. The molecule has 0 unspecified atom stereocenters. The molecule has 0 atom stereocenters. The van der Waals surface area contributed by atoms with Crippen molar-refractivity contribution in [1.29, 1.82) is 0 Å². The van der Waals surface area contributed by atoms with Crippen molar-refractivity contribution in [3.63, 3.8) is 0 Å². The van der Waals surface area contributed by atoms with E-state index in [4.69, 9.17) is 4.74 Å². The first-order valence-electron chi connectivity index (χ1n) is 5.08. The molecule has 0 amide bonds. The molecule has 2 heteroatoms. The molecule has 82 valence electrons. The first-order chi connectivity index (χ1) is 7.79. The molecule has 1 aromatic rings. The van der Waals surface area contributed by atoms with Crippen LogP contribution in [0.1, 0.15) is 12.5 Å². The van der Waals surface area contributed by atoms with Crippen LogP contribution >= 0.6 is 0 Å². The first kappa shape index (κ1) is 12.2. The van der Waals surface area contributed by atoms with Gasteiger partial charge in [-0.2, -0.15) is 0 Å². The van der Waals surface area contributed by atoms with Crippen molar-refractivity contribution in [1.82, 2.24) is 0 Å². The van der Waals surface area contributed by atoms with Gasteiger partial charge in [0.1, 0.15) is 6.61 Å². The first-order valence-corrected chi connectivity index (χ1v) is 5.08. The molecule has 0 aromatic heterocycles. The number of benzene rings is 1. The summed E-state index contributed by atoms with van der Waals surface area (Å²) in [7, 11) is 0. The van der Waals surface area contributed by atoms with E-state index in [9.17, 15) is 4.79 Å². The lowest BCUT2D eigenvalue weighted by Gasteiger charge is -1.93. The van der Waals surface area contributed by atoms with Gasteiger partial charge in [0, 0.05) is 6.92 Å². The van der Waals surface area contributed by atoms with Crippen molar-refractivity contribution >= 4 is 11.9 Å². The molecule has 0 radical (unpaired) electrons. The minimum absolute atomic E-state index is 0.136. The number of rotatable bonds is 4. The largest absolute Gasteiger partial charge is 0.365 e. The van der Waals surface area contributed by atoms with E-state index < -0.39 is 0 Å². The van der Waals surface area contributed by atoms with Crippen molar-refractivity contribution in [3.8, 4) is 11.8 Å². The van der Waals surface area contributed by atoms with E-state index in [0.717, 1.165) is 5.56 Å². The van der Waals surface area contributed by atoms with Crippen LogP contribution in [0, 0.1) is 11.8 Å². The summed E-state index contributed by atoms with van der Waals surface area (Å²) in [6.07, 6.45) is 3.91. The summed E-state index contributed by atoms with van der Waals surface area (Å²) in [5, 5.41) is 0. The summed E-state index contributed by atoms with van der Waals surface area (Å²) < 4.78 is 5.19. The van der Waals surface area contributed by atoms with Gasteiger partial charge in [-0.15, -0.1) is 0 Å². The van der Waals surface area contributed by atoms with Crippen molar-refractivity contribution < 1.29 is 9.53 Å². The van der Waals surface area contributed by atoms with E-state index in [1.807, 2.05) is 42.5 Å². The van der Waals surface area contributed by atoms with Gasteiger partial charge in [0.2, 0.25) is 5.78 Å². The highest BCUT2D eigenvalue weighted by Gasteiger charge is 1.83. The Bertz CT molecular complexity index is 407. The topological polar surface area (TPSA) is 26.3 Å². The fourth-order valence-corrected chi connectivity index (χ4v) is 1.09.